The average Bonchev–Trinajstić information content (AvgIpc) is 2.90. The fraction of sp³-hybridized carbons (Fsp3) is 0.677. The summed E-state index contributed by atoms with van der Waals surface area (Å²) < 4.78 is 6.86. The topological polar surface area (TPSA) is 81.5 Å². The largest absolute Gasteiger partial charge is 0.466 e. The molecule has 0 amide bonds. The first kappa shape index (κ1) is 25.7. The Balaban J connectivity index is 1.29. The molecule has 7 heteroatoms. The van der Waals surface area contributed by atoms with Gasteiger partial charge in [0.2, 0.25) is 0 Å². The van der Waals surface area contributed by atoms with E-state index in [1.54, 1.807) is 6.92 Å². The van der Waals surface area contributed by atoms with Gasteiger partial charge in [-0.15, -0.1) is 0 Å². The zero-order valence-corrected chi connectivity index (χ0v) is 22.6. The van der Waals surface area contributed by atoms with Gasteiger partial charge in [-0.1, -0.05) is 37.8 Å². The number of hydrogen-bond acceptors (Lipinski definition) is 6. The van der Waals surface area contributed by atoms with Crippen LogP contribution < -0.4 is 5.56 Å². The van der Waals surface area contributed by atoms with Crippen molar-refractivity contribution in [2.24, 2.45) is 11.8 Å². The van der Waals surface area contributed by atoms with Crippen LogP contribution in [0, 0.1) is 11.8 Å². The van der Waals surface area contributed by atoms with Crippen LogP contribution in [0.4, 0.5) is 0 Å². The second-order valence-electron chi connectivity index (χ2n) is 12.2. The fourth-order valence-electron chi connectivity index (χ4n) is 8.40. The number of carbonyl (C=O) groups excluding carboxylic acids is 2. The van der Waals surface area contributed by atoms with Gasteiger partial charge in [0.1, 0.15) is 0 Å². The number of esters is 1. The lowest BCUT2D eigenvalue weighted by Crippen LogP contribution is -2.58. The van der Waals surface area contributed by atoms with Crippen LogP contribution in [-0.2, 0) is 9.53 Å². The Morgan fingerprint density at radius 2 is 1.55 bits per heavy atom. The van der Waals surface area contributed by atoms with Crippen LogP contribution in [0.2, 0.25) is 0 Å². The van der Waals surface area contributed by atoms with Crippen molar-refractivity contribution in [3.8, 4) is 0 Å². The van der Waals surface area contributed by atoms with Gasteiger partial charge in [0.15, 0.2) is 11.5 Å². The number of carbonyl (C=O) groups is 2. The monoisotopic (exact) mass is 519 g/mol. The van der Waals surface area contributed by atoms with E-state index in [0.29, 0.717) is 23.6 Å². The van der Waals surface area contributed by atoms with Crippen LogP contribution in [-0.4, -0.2) is 50.9 Å². The number of hydrogen-bond donors (Lipinski definition) is 0. The number of ether oxygens (including phenoxy) is 1. The lowest BCUT2D eigenvalue weighted by Gasteiger charge is -2.55. The summed E-state index contributed by atoms with van der Waals surface area (Å²) in [5.41, 5.74) is 1.13. The molecule has 0 N–H and O–H groups in total. The smallest absolute Gasteiger partial charge is 0.306 e. The maximum atomic E-state index is 13.9. The minimum Gasteiger partial charge on any atom is -0.466 e. The molecule has 2 aliphatic carbocycles. The summed E-state index contributed by atoms with van der Waals surface area (Å²) in [6.07, 6.45) is 13.8. The third kappa shape index (κ3) is 4.94. The summed E-state index contributed by atoms with van der Waals surface area (Å²) in [6.45, 7) is 2.02. The molecule has 4 aliphatic rings. The van der Waals surface area contributed by atoms with Gasteiger partial charge in [-0.25, -0.2) is 4.98 Å². The first-order valence-corrected chi connectivity index (χ1v) is 15.0. The van der Waals surface area contributed by atoms with Crippen LogP contribution >= 0.6 is 0 Å². The number of rotatable bonds is 7. The van der Waals surface area contributed by atoms with Crippen LogP contribution in [0.5, 0.6) is 0 Å². The van der Waals surface area contributed by atoms with E-state index in [0.717, 1.165) is 30.2 Å². The molecule has 2 aliphatic heterocycles. The molecule has 1 aromatic carbocycles. The van der Waals surface area contributed by atoms with Crippen LogP contribution in [0.1, 0.15) is 107 Å². The van der Waals surface area contributed by atoms with Gasteiger partial charge in [-0.05, 0) is 75.8 Å². The Kier molecular flexibility index (Phi) is 7.39. The number of benzene rings is 1. The highest BCUT2D eigenvalue weighted by Gasteiger charge is 2.45. The Morgan fingerprint density at radius 3 is 2.26 bits per heavy atom. The molecule has 2 aromatic rings. The summed E-state index contributed by atoms with van der Waals surface area (Å²) in [4.78, 5) is 46.2. The fourth-order valence-corrected chi connectivity index (χ4v) is 8.40. The van der Waals surface area contributed by atoms with Crippen molar-refractivity contribution < 1.29 is 14.3 Å². The van der Waals surface area contributed by atoms with E-state index >= 15 is 0 Å². The summed E-state index contributed by atoms with van der Waals surface area (Å²) in [7, 11) is 0. The molecule has 38 heavy (non-hydrogen) atoms. The van der Waals surface area contributed by atoms with Crippen molar-refractivity contribution in [3.05, 3.63) is 40.3 Å². The summed E-state index contributed by atoms with van der Waals surface area (Å²) >= 11 is 0. The third-order valence-corrected chi connectivity index (χ3v) is 9.82. The molecule has 5 atom stereocenters. The Hall–Kier alpha value is -2.54. The zero-order chi connectivity index (χ0) is 26.2. The Bertz CT molecular complexity index is 1230. The molecule has 4 fully saturated rings. The average molecular weight is 520 g/mol. The minimum absolute atomic E-state index is 0.0352. The van der Waals surface area contributed by atoms with Crippen LogP contribution in [0.15, 0.2) is 29.1 Å². The Morgan fingerprint density at radius 1 is 0.868 bits per heavy atom. The molecule has 2 saturated heterocycles. The van der Waals surface area contributed by atoms with Gasteiger partial charge in [0, 0.05) is 30.6 Å². The zero-order valence-electron chi connectivity index (χ0n) is 22.6. The number of ketones is 1. The SMILES string of the molecule is CCOC(=O)CCC(=O)c1nc2ccccc2n(C2C[C@H]3CCC[C@@H](C2)N3C2CC3CCCC(C3)C2)c1=O. The van der Waals surface area contributed by atoms with Crippen molar-refractivity contribution in [2.75, 3.05) is 6.61 Å². The van der Waals surface area contributed by atoms with Gasteiger partial charge in [-0.2, -0.15) is 0 Å². The number of piperidine rings is 2. The van der Waals surface area contributed by atoms with Gasteiger partial charge >= 0.3 is 5.97 Å². The third-order valence-electron chi connectivity index (χ3n) is 9.82. The van der Waals surface area contributed by atoms with E-state index in [9.17, 15) is 14.4 Å². The molecule has 7 nitrogen and oxygen atoms in total. The van der Waals surface area contributed by atoms with Crippen LogP contribution in [0.3, 0.4) is 0 Å². The van der Waals surface area contributed by atoms with Crippen molar-refractivity contribution in [2.45, 2.75) is 115 Å². The first-order valence-electron chi connectivity index (χ1n) is 15.0. The van der Waals surface area contributed by atoms with E-state index in [1.165, 1.54) is 57.8 Å². The minimum atomic E-state index is -0.422. The molecule has 204 valence electrons. The van der Waals surface area contributed by atoms with Gasteiger partial charge < -0.3 is 9.30 Å². The lowest BCUT2D eigenvalue weighted by atomic mass is 9.68. The van der Waals surface area contributed by atoms with Crippen molar-refractivity contribution in [3.63, 3.8) is 0 Å². The lowest BCUT2D eigenvalue weighted by molar-refractivity contribution is -0.143. The molecule has 2 saturated carbocycles. The van der Waals surface area contributed by atoms with E-state index in [-0.39, 0.29) is 42.5 Å². The molecule has 0 radical (unpaired) electrons. The maximum Gasteiger partial charge on any atom is 0.306 e. The number of para-hydroxylation sites is 2. The quantitative estimate of drug-likeness (QED) is 0.357. The van der Waals surface area contributed by atoms with E-state index in [2.05, 4.69) is 9.88 Å². The summed E-state index contributed by atoms with van der Waals surface area (Å²) in [6, 6.07) is 9.43. The van der Waals surface area contributed by atoms with Gasteiger partial charge in [0.05, 0.1) is 24.1 Å². The van der Waals surface area contributed by atoms with Crippen molar-refractivity contribution >= 4 is 22.8 Å². The summed E-state index contributed by atoms with van der Waals surface area (Å²) in [5.74, 6) is 1.00. The molecule has 4 bridgehead atoms. The molecule has 3 heterocycles. The predicted molar refractivity (Wildman–Crippen MR) is 146 cm³/mol. The van der Waals surface area contributed by atoms with Crippen molar-refractivity contribution in [1.82, 2.24) is 14.5 Å². The maximum absolute atomic E-state index is 13.9. The molecular weight excluding hydrogens is 478 g/mol. The number of Topliss-reactive ketones (excluding diaryl/α,β-unsaturated/α-hetero) is 1. The number of aromatic nitrogens is 2. The second kappa shape index (κ2) is 10.9. The van der Waals surface area contributed by atoms with E-state index in [1.807, 2.05) is 28.8 Å². The molecule has 1 aromatic heterocycles. The second-order valence-corrected chi connectivity index (χ2v) is 12.2. The van der Waals surface area contributed by atoms with Gasteiger partial charge in [-0.3, -0.25) is 19.3 Å². The predicted octanol–water partition coefficient (Wildman–Crippen LogP) is 5.45. The molecule has 0 spiro atoms. The van der Waals surface area contributed by atoms with Crippen molar-refractivity contribution in [1.29, 1.82) is 0 Å². The normalized spacial score (nSPS) is 31.2. The van der Waals surface area contributed by atoms with Crippen LogP contribution in [0.25, 0.3) is 11.0 Å². The summed E-state index contributed by atoms with van der Waals surface area (Å²) in [5, 5.41) is 0. The first-order chi connectivity index (χ1) is 18.5. The standard InChI is InChI=1S/C31H41N3O4/c1-2-38-29(36)14-13-28(35)30-31(37)34(27-12-4-3-11-26(27)32-30)25-18-22-9-6-10-23(19-25)33(22)24-16-20-7-5-8-21(15-20)17-24/h3-4,11-12,20-25H,2,5-10,13-19H2,1H3/t20?,21?,22-,23+,24?,25?. The molecule has 6 rings (SSSR count). The van der Waals surface area contributed by atoms with Gasteiger partial charge in [0.25, 0.3) is 5.56 Å². The number of fused-ring (bicyclic) bond motifs is 5. The highest BCUT2D eigenvalue weighted by atomic mass is 16.5. The highest BCUT2D eigenvalue weighted by Crippen LogP contribution is 2.47. The van der Waals surface area contributed by atoms with E-state index < -0.39 is 5.97 Å². The molecule has 3 unspecified atom stereocenters. The Labute approximate surface area is 224 Å². The van der Waals surface area contributed by atoms with E-state index in [4.69, 9.17) is 4.74 Å². The molecular formula is C31H41N3O4. The number of nitrogens with zero attached hydrogens (tertiary/aromatic N) is 3. The highest BCUT2D eigenvalue weighted by molar-refractivity contribution is 5.97.